The summed E-state index contributed by atoms with van der Waals surface area (Å²) in [5.74, 6) is -2.19. The van der Waals surface area contributed by atoms with Gasteiger partial charge in [-0.2, -0.15) is 0 Å². The fraction of sp³-hybridized carbons (Fsp3) is 0.400. The third kappa shape index (κ3) is 2.38. The topological polar surface area (TPSA) is 95.1 Å². The number of hydrogen-bond donors (Lipinski definition) is 2. The molecule has 1 saturated heterocycles. The van der Waals surface area contributed by atoms with E-state index in [9.17, 15) is 19.8 Å². The Morgan fingerprint density at radius 2 is 2.09 bits per heavy atom. The van der Waals surface area contributed by atoms with Gasteiger partial charge >= 0.3 is 11.9 Å². The standard InChI is InChI=1S/C15H17N3O4/c1-9-13(15(21)22)18-8-11(4-5-12(18)16-9)17-6-2-3-10(7-17)14(19)20/h4-5,8,10H,2-3,6-7H2,1H3,(H,19,20)(H,21,22). The number of carboxylic acids is 2. The predicted octanol–water partition coefficient (Wildman–Crippen LogP) is 1.64. The predicted molar refractivity (Wildman–Crippen MR) is 79.5 cm³/mol. The molecule has 2 N–H and O–H groups in total. The molecule has 0 amide bonds. The summed E-state index contributed by atoms with van der Waals surface area (Å²) in [6, 6.07) is 3.62. The van der Waals surface area contributed by atoms with Crippen molar-refractivity contribution in [2.24, 2.45) is 5.92 Å². The Bertz CT molecular complexity index is 753. The maximum absolute atomic E-state index is 11.4. The summed E-state index contributed by atoms with van der Waals surface area (Å²) in [6.45, 7) is 2.87. The van der Waals surface area contributed by atoms with Crippen molar-refractivity contribution in [3.63, 3.8) is 0 Å². The molecule has 2 aromatic rings. The minimum absolute atomic E-state index is 0.142. The molecule has 116 valence electrons. The lowest BCUT2D eigenvalue weighted by molar-refractivity contribution is -0.141. The van der Waals surface area contributed by atoms with Crippen LogP contribution in [0.3, 0.4) is 0 Å². The fourth-order valence-corrected chi connectivity index (χ4v) is 3.01. The van der Waals surface area contributed by atoms with Crippen molar-refractivity contribution in [3.05, 3.63) is 29.7 Å². The molecule has 0 bridgehead atoms. The molecule has 0 spiro atoms. The highest BCUT2D eigenvalue weighted by atomic mass is 16.4. The van der Waals surface area contributed by atoms with Crippen LogP contribution in [0.25, 0.3) is 5.65 Å². The van der Waals surface area contributed by atoms with Crippen LogP contribution in [0.15, 0.2) is 18.3 Å². The molecule has 7 nitrogen and oxygen atoms in total. The van der Waals surface area contributed by atoms with Crippen LogP contribution in [-0.4, -0.2) is 44.6 Å². The zero-order valence-corrected chi connectivity index (χ0v) is 12.2. The smallest absolute Gasteiger partial charge is 0.354 e. The Morgan fingerprint density at radius 1 is 1.32 bits per heavy atom. The van der Waals surface area contributed by atoms with Crippen molar-refractivity contribution in [1.29, 1.82) is 0 Å². The fourth-order valence-electron chi connectivity index (χ4n) is 3.01. The maximum atomic E-state index is 11.4. The number of pyridine rings is 1. The maximum Gasteiger partial charge on any atom is 0.354 e. The quantitative estimate of drug-likeness (QED) is 0.895. The number of nitrogens with zero attached hydrogens (tertiary/aromatic N) is 3. The molecular formula is C15H17N3O4. The summed E-state index contributed by atoms with van der Waals surface area (Å²) in [4.78, 5) is 28.8. The van der Waals surface area contributed by atoms with Gasteiger partial charge in [0, 0.05) is 19.3 Å². The first-order valence-electron chi connectivity index (χ1n) is 7.17. The Balaban J connectivity index is 1.99. The summed E-state index contributed by atoms with van der Waals surface area (Å²) in [7, 11) is 0. The molecule has 0 saturated carbocycles. The van der Waals surface area contributed by atoms with E-state index in [4.69, 9.17) is 0 Å². The minimum Gasteiger partial charge on any atom is -0.481 e. The van der Waals surface area contributed by atoms with Crippen molar-refractivity contribution < 1.29 is 19.8 Å². The zero-order chi connectivity index (χ0) is 15.9. The van der Waals surface area contributed by atoms with Gasteiger partial charge < -0.3 is 15.1 Å². The van der Waals surface area contributed by atoms with Crippen LogP contribution in [0, 0.1) is 12.8 Å². The van der Waals surface area contributed by atoms with Crippen molar-refractivity contribution in [2.45, 2.75) is 19.8 Å². The molecule has 22 heavy (non-hydrogen) atoms. The molecular weight excluding hydrogens is 286 g/mol. The molecule has 1 aliphatic rings. The van der Waals surface area contributed by atoms with Gasteiger partial charge in [-0.1, -0.05) is 0 Å². The van der Waals surface area contributed by atoms with E-state index >= 15 is 0 Å². The number of hydrogen-bond acceptors (Lipinski definition) is 4. The monoisotopic (exact) mass is 303 g/mol. The van der Waals surface area contributed by atoms with Crippen LogP contribution < -0.4 is 4.90 Å². The number of aromatic carboxylic acids is 1. The summed E-state index contributed by atoms with van der Waals surface area (Å²) in [5.41, 5.74) is 2.00. The van der Waals surface area contributed by atoms with Crippen molar-refractivity contribution in [3.8, 4) is 0 Å². The third-order valence-electron chi connectivity index (χ3n) is 4.12. The first-order valence-corrected chi connectivity index (χ1v) is 7.17. The van der Waals surface area contributed by atoms with Gasteiger partial charge in [-0.25, -0.2) is 9.78 Å². The van der Waals surface area contributed by atoms with Gasteiger partial charge in [0.2, 0.25) is 0 Å². The Morgan fingerprint density at radius 3 is 2.77 bits per heavy atom. The second-order valence-electron chi connectivity index (χ2n) is 5.59. The number of aryl methyl sites for hydroxylation is 1. The first kappa shape index (κ1) is 14.4. The third-order valence-corrected chi connectivity index (χ3v) is 4.12. The number of carbonyl (C=O) groups is 2. The molecule has 1 aliphatic heterocycles. The van der Waals surface area contributed by atoms with E-state index in [1.165, 1.54) is 0 Å². The van der Waals surface area contributed by atoms with Crippen LogP contribution in [-0.2, 0) is 4.79 Å². The van der Waals surface area contributed by atoms with E-state index in [1.54, 1.807) is 23.6 Å². The van der Waals surface area contributed by atoms with Gasteiger partial charge in [0.05, 0.1) is 17.3 Å². The molecule has 1 unspecified atom stereocenters. The van der Waals surface area contributed by atoms with Gasteiger partial charge in [0.25, 0.3) is 0 Å². The molecule has 2 aromatic heterocycles. The van der Waals surface area contributed by atoms with Gasteiger partial charge in [-0.05, 0) is 31.9 Å². The molecule has 3 rings (SSSR count). The molecule has 0 radical (unpaired) electrons. The van der Waals surface area contributed by atoms with Gasteiger partial charge in [0.1, 0.15) is 5.65 Å². The van der Waals surface area contributed by atoms with Gasteiger partial charge in [0.15, 0.2) is 5.69 Å². The molecule has 3 heterocycles. The van der Waals surface area contributed by atoms with Crippen molar-refractivity contribution >= 4 is 23.3 Å². The number of piperidine rings is 1. The van der Waals surface area contributed by atoms with Crippen molar-refractivity contribution in [2.75, 3.05) is 18.0 Å². The average Bonchev–Trinajstić information content (AvgIpc) is 2.82. The zero-order valence-electron chi connectivity index (χ0n) is 12.2. The lowest BCUT2D eigenvalue weighted by Crippen LogP contribution is -2.38. The molecule has 0 aliphatic carbocycles. The highest BCUT2D eigenvalue weighted by Crippen LogP contribution is 2.25. The van der Waals surface area contributed by atoms with E-state index in [1.807, 2.05) is 11.0 Å². The molecule has 1 fully saturated rings. The number of anilines is 1. The summed E-state index contributed by atoms with van der Waals surface area (Å²) in [5, 5.41) is 18.5. The van der Waals surface area contributed by atoms with Crippen LogP contribution in [0.2, 0.25) is 0 Å². The normalized spacial score (nSPS) is 18.6. The Kier molecular flexibility index (Phi) is 3.48. The summed E-state index contributed by atoms with van der Waals surface area (Å²) < 4.78 is 1.55. The Labute approximate surface area is 126 Å². The molecule has 1 atom stereocenters. The minimum atomic E-state index is -1.02. The number of fused-ring (bicyclic) bond motifs is 1. The van der Waals surface area contributed by atoms with Crippen LogP contribution in [0.5, 0.6) is 0 Å². The second kappa shape index (κ2) is 5.32. The largest absolute Gasteiger partial charge is 0.481 e. The lowest BCUT2D eigenvalue weighted by atomic mass is 9.98. The van der Waals surface area contributed by atoms with Crippen LogP contribution >= 0.6 is 0 Å². The highest BCUT2D eigenvalue weighted by Gasteiger charge is 2.26. The number of aromatic nitrogens is 2. The highest BCUT2D eigenvalue weighted by molar-refractivity contribution is 5.88. The van der Waals surface area contributed by atoms with Crippen molar-refractivity contribution in [1.82, 2.24) is 9.38 Å². The van der Waals surface area contributed by atoms with E-state index in [0.29, 0.717) is 24.3 Å². The number of carboxylic acid groups (broad SMARTS) is 2. The number of imidazole rings is 1. The summed E-state index contributed by atoms with van der Waals surface area (Å²) >= 11 is 0. The number of rotatable bonds is 3. The van der Waals surface area contributed by atoms with Crippen LogP contribution in [0.1, 0.15) is 29.0 Å². The average molecular weight is 303 g/mol. The SMILES string of the molecule is Cc1nc2ccc(N3CCCC(C(=O)O)C3)cn2c1C(=O)O. The van der Waals surface area contributed by atoms with Gasteiger partial charge in [-0.15, -0.1) is 0 Å². The number of aliphatic carboxylic acids is 1. The van der Waals surface area contributed by atoms with Crippen LogP contribution in [0.4, 0.5) is 5.69 Å². The van der Waals surface area contributed by atoms with Gasteiger partial charge in [-0.3, -0.25) is 9.20 Å². The Hall–Kier alpha value is -2.57. The van der Waals surface area contributed by atoms with E-state index in [2.05, 4.69) is 4.98 Å². The van der Waals surface area contributed by atoms with E-state index < -0.39 is 11.9 Å². The molecule has 0 aromatic carbocycles. The van der Waals surface area contributed by atoms with E-state index in [-0.39, 0.29) is 11.6 Å². The second-order valence-corrected chi connectivity index (χ2v) is 5.59. The first-order chi connectivity index (χ1) is 10.5. The lowest BCUT2D eigenvalue weighted by Gasteiger charge is -2.32. The van der Waals surface area contributed by atoms with E-state index in [0.717, 1.165) is 18.7 Å². The summed E-state index contributed by atoms with van der Waals surface area (Å²) in [6.07, 6.45) is 3.21. The molecule has 7 heteroatoms.